The Hall–Kier alpha value is -1.91. The summed E-state index contributed by atoms with van der Waals surface area (Å²) in [5.41, 5.74) is 0.334. The van der Waals surface area contributed by atoms with Crippen LogP contribution < -0.4 is 0 Å². The minimum absolute atomic E-state index is 0.0112. The van der Waals surface area contributed by atoms with E-state index in [2.05, 4.69) is 31.2 Å². The molecule has 124 valence electrons. The van der Waals surface area contributed by atoms with Crippen LogP contribution >= 0.6 is 15.9 Å². The molecule has 7 nitrogen and oxygen atoms in total. The number of amides is 1. The minimum Gasteiger partial charge on any atom is -0.326 e. The van der Waals surface area contributed by atoms with Crippen LogP contribution in [-0.2, 0) is 19.8 Å². The highest BCUT2D eigenvalue weighted by atomic mass is 79.9. The molecule has 23 heavy (non-hydrogen) atoms. The monoisotopic (exact) mass is 392 g/mol. The van der Waals surface area contributed by atoms with Crippen LogP contribution in [0, 0.1) is 0 Å². The molecule has 1 aliphatic heterocycles. The molecule has 0 aromatic carbocycles. The fourth-order valence-corrected chi connectivity index (χ4v) is 3.18. The van der Waals surface area contributed by atoms with Crippen molar-refractivity contribution in [2.24, 2.45) is 7.05 Å². The maximum atomic E-state index is 12.9. The van der Waals surface area contributed by atoms with Gasteiger partial charge in [-0.25, -0.2) is 0 Å². The van der Waals surface area contributed by atoms with Gasteiger partial charge in [0.15, 0.2) is 5.82 Å². The maximum absolute atomic E-state index is 12.9. The Bertz CT molecular complexity index is 748. The summed E-state index contributed by atoms with van der Waals surface area (Å²) in [4.78, 5) is 14.1. The lowest BCUT2D eigenvalue weighted by molar-refractivity contribution is -0.148. The normalized spacial score (nSPS) is 18.2. The Morgan fingerprint density at radius 2 is 2.04 bits per heavy atom. The lowest BCUT2D eigenvalue weighted by Crippen LogP contribution is -2.42. The van der Waals surface area contributed by atoms with Crippen molar-refractivity contribution in [3.8, 4) is 0 Å². The molecule has 3 rings (SSSR count). The molecule has 0 spiro atoms. The molecular weight excluding hydrogens is 381 g/mol. The highest BCUT2D eigenvalue weighted by molar-refractivity contribution is 9.10. The number of hydrogen-bond acceptors (Lipinski definition) is 4. The fraction of sp³-hybridized carbons (Fsp3) is 0.500. The summed E-state index contributed by atoms with van der Waals surface area (Å²) >= 11 is 3.25. The molecule has 1 amide bonds. The molecule has 1 unspecified atom stereocenters. The summed E-state index contributed by atoms with van der Waals surface area (Å²) in [5, 5.41) is 10.8. The number of rotatable bonds is 1. The van der Waals surface area contributed by atoms with E-state index in [4.69, 9.17) is 0 Å². The van der Waals surface area contributed by atoms with E-state index in [1.165, 1.54) is 15.8 Å². The Kier molecular flexibility index (Phi) is 3.69. The van der Waals surface area contributed by atoms with E-state index in [0.29, 0.717) is 10.2 Å². The third-order valence-corrected chi connectivity index (χ3v) is 4.38. The number of aromatic nitrogens is 5. The summed E-state index contributed by atoms with van der Waals surface area (Å²) in [6.07, 6.45) is -3.08. The van der Waals surface area contributed by atoms with Crippen LogP contribution in [0.5, 0.6) is 0 Å². The molecule has 0 radical (unpaired) electrons. The molecule has 0 bridgehead atoms. The number of fused-ring (bicyclic) bond motifs is 1. The van der Waals surface area contributed by atoms with Gasteiger partial charge < -0.3 is 9.47 Å². The molecule has 1 atom stereocenters. The molecule has 0 aliphatic carbocycles. The predicted molar refractivity (Wildman–Crippen MR) is 75.4 cm³/mol. The van der Waals surface area contributed by atoms with Crippen molar-refractivity contribution >= 4 is 21.8 Å². The van der Waals surface area contributed by atoms with E-state index in [9.17, 15) is 18.0 Å². The zero-order valence-electron chi connectivity index (χ0n) is 12.2. The number of carbonyl (C=O) groups is 1. The smallest absolute Gasteiger partial charge is 0.326 e. The van der Waals surface area contributed by atoms with E-state index in [0.717, 1.165) is 4.57 Å². The Labute approximate surface area is 137 Å². The lowest BCUT2D eigenvalue weighted by Gasteiger charge is -2.33. The Morgan fingerprint density at radius 3 is 2.61 bits per heavy atom. The van der Waals surface area contributed by atoms with E-state index in [-0.39, 0.29) is 24.8 Å². The Balaban J connectivity index is 1.95. The average molecular weight is 393 g/mol. The van der Waals surface area contributed by atoms with Gasteiger partial charge in [-0.2, -0.15) is 18.3 Å². The molecule has 0 saturated carbocycles. The zero-order chi connectivity index (χ0) is 16.9. The van der Waals surface area contributed by atoms with Gasteiger partial charge in [-0.05, 0) is 22.9 Å². The molecule has 0 saturated heterocycles. The molecule has 2 aromatic rings. The fourth-order valence-electron chi connectivity index (χ4n) is 2.66. The number of hydrogen-bond donors (Lipinski definition) is 0. The van der Waals surface area contributed by atoms with Gasteiger partial charge in [-0.3, -0.25) is 9.48 Å². The van der Waals surface area contributed by atoms with Crippen molar-refractivity contribution in [3.05, 3.63) is 28.0 Å². The molecule has 3 heterocycles. The van der Waals surface area contributed by atoms with Gasteiger partial charge in [0.05, 0.1) is 16.7 Å². The van der Waals surface area contributed by atoms with Gasteiger partial charge in [-0.15, -0.1) is 10.2 Å². The van der Waals surface area contributed by atoms with Crippen molar-refractivity contribution in [2.75, 3.05) is 6.54 Å². The number of nitrogens with zero attached hydrogens (tertiary/aromatic N) is 6. The summed E-state index contributed by atoms with van der Waals surface area (Å²) in [5.74, 6) is -1.24. The highest BCUT2D eigenvalue weighted by Gasteiger charge is 2.42. The third kappa shape index (κ3) is 2.52. The number of carbonyl (C=O) groups excluding carboxylic acids is 1. The van der Waals surface area contributed by atoms with E-state index >= 15 is 0 Å². The quantitative estimate of drug-likeness (QED) is 0.744. The van der Waals surface area contributed by atoms with Crippen LogP contribution in [0.2, 0.25) is 0 Å². The molecular formula is C12H12BrF3N6O. The van der Waals surface area contributed by atoms with Crippen LogP contribution in [0.15, 0.2) is 10.7 Å². The first-order valence-electron chi connectivity index (χ1n) is 6.70. The molecule has 2 aromatic heterocycles. The van der Waals surface area contributed by atoms with Gasteiger partial charge >= 0.3 is 6.18 Å². The SMILES string of the molecule is CC1c2nnc(C(F)(F)F)n2CCN1C(=O)c1c(Br)cnn1C. The lowest BCUT2D eigenvalue weighted by atomic mass is 10.2. The van der Waals surface area contributed by atoms with Crippen LogP contribution in [0.4, 0.5) is 13.2 Å². The molecule has 1 aliphatic rings. The summed E-state index contributed by atoms with van der Waals surface area (Å²) in [6, 6.07) is -0.623. The first kappa shape index (κ1) is 16.0. The van der Waals surface area contributed by atoms with Crippen molar-refractivity contribution < 1.29 is 18.0 Å². The predicted octanol–water partition coefficient (Wildman–Crippen LogP) is 2.01. The van der Waals surface area contributed by atoms with E-state index < -0.39 is 18.0 Å². The van der Waals surface area contributed by atoms with Gasteiger partial charge in [0.25, 0.3) is 5.91 Å². The van der Waals surface area contributed by atoms with Crippen LogP contribution in [0.3, 0.4) is 0 Å². The van der Waals surface area contributed by atoms with Crippen molar-refractivity contribution in [1.82, 2.24) is 29.4 Å². The van der Waals surface area contributed by atoms with Gasteiger partial charge in [0.1, 0.15) is 5.69 Å². The zero-order valence-corrected chi connectivity index (χ0v) is 13.8. The van der Waals surface area contributed by atoms with Crippen LogP contribution in [0.25, 0.3) is 0 Å². The van der Waals surface area contributed by atoms with Gasteiger partial charge in [-0.1, -0.05) is 0 Å². The summed E-state index contributed by atoms with van der Waals surface area (Å²) in [6.45, 7) is 1.75. The largest absolute Gasteiger partial charge is 0.451 e. The summed E-state index contributed by atoms with van der Waals surface area (Å²) < 4.78 is 41.7. The molecule has 0 fully saturated rings. The van der Waals surface area contributed by atoms with Gasteiger partial charge in [0, 0.05) is 20.1 Å². The first-order chi connectivity index (χ1) is 10.7. The first-order valence-corrected chi connectivity index (χ1v) is 7.50. The van der Waals surface area contributed by atoms with Gasteiger partial charge in [0.2, 0.25) is 5.82 Å². The summed E-state index contributed by atoms with van der Waals surface area (Å²) in [7, 11) is 1.62. The average Bonchev–Trinajstić information content (AvgIpc) is 3.02. The highest BCUT2D eigenvalue weighted by Crippen LogP contribution is 2.33. The Morgan fingerprint density at radius 1 is 1.35 bits per heavy atom. The maximum Gasteiger partial charge on any atom is 0.451 e. The standard InChI is InChI=1S/C12H12BrF3N6O/c1-6-9-18-19-11(12(14,15)16)22(9)4-3-21(6)10(23)8-7(13)5-17-20(8)2/h5-6H,3-4H2,1-2H3. The van der Waals surface area contributed by atoms with Crippen LogP contribution in [-0.4, -0.2) is 41.9 Å². The topological polar surface area (TPSA) is 68.8 Å². The number of alkyl halides is 3. The van der Waals surface area contributed by atoms with Crippen molar-refractivity contribution in [1.29, 1.82) is 0 Å². The second-order valence-corrected chi connectivity index (χ2v) is 6.02. The van der Waals surface area contributed by atoms with Crippen LogP contribution in [0.1, 0.15) is 35.1 Å². The number of aryl methyl sites for hydroxylation is 1. The van der Waals surface area contributed by atoms with Crippen molar-refractivity contribution in [3.63, 3.8) is 0 Å². The minimum atomic E-state index is -4.57. The van der Waals surface area contributed by atoms with E-state index in [1.54, 1.807) is 14.0 Å². The second-order valence-electron chi connectivity index (χ2n) is 5.17. The van der Waals surface area contributed by atoms with E-state index in [1.807, 2.05) is 0 Å². The van der Waals surface area contributed by atoms with Crippen molar-refractivity contribution in [2.45, 2.75) is 25.7 Å². The molecule has 11 heteroatoms. The molecule has 0 N–H and O–H groups in total. The third-order valence-electron chi connectivity index (χ3n) is 3.80. The number of halogens is 4. The second kappa shape index (κ2) is 5.32.